The second-order valence-electron chi connectivity index (χ2n) is 7.73. The SMILES string of the molecule is CCOP(=O)([O-])Cc1cc(C(C)(C)C)c(O)c(C(C)(C)C)c1.[K+]. The third-order valence-corrected chi connectivity index (χ3v) is 4.89. The van der Waals surface area contributed by atoms with Gasteiger partial charge in [-0.15, -0.1) is 0 Å². The van der Waals surface area contributed by atoms with Crippen LogP contribution in [0.25, 0.3) is 0 Å². The van der Waals surface area contributed by atoms with Crippen LogP contribution in [0.2, 0.25) is 0 Å². The average Bonchev–Trinajstić information content (AvgIpc) is 2.27. The van der Waals surface area contributed by atoms with E-state index in [1.165, 1.54) is 0 Å². The summed E-state index contributed by atoms with van der Waals surface area (Å²) in [5.41, 5.74) is 1.61. The Bertz CT molecular complexity index is 550. The Labute approximate surface area is 183 Å². The van der Waals surface area contributed by atoms with Gasteiger partial charge in [-0.2, -0.15) is 0 Å². The molecule has 0 amide bonds. The van der Waals surface area contributed by atoms with Crippen LogP contribution >= 0.6 is 7.60 Å². The van der Waals surface area contributed by atoms with Crippen LogP contribution in [0.15, 0.2) is 12.1 Å². The van der Waals surface area contributed by atoms with E-state index >= 15 is 0 Å². The molecule has 1 atom stereocenters. The van der Waals surface area contributed by atoms with Crippen molar-refractivity contribution >= 4 is 7.60 Å². The van der Waals surface area contributed by atoms with E-state index < -0.39 is 7.60 Å². The topological polar surface area (TPSA) is 69.6 Å². The number of benzene rings is 1. The van der Waals surface area contributed by atoms with Crippen LogP contribution < -0.4 is 56.3 Å². The van der Waals surface area contributed by atoms with E-state index in [9.17, 15) is 14.6 Å². The molecule has 6 heteroatoms. The first-order valence-corrected chi connectivity index (χ1v) is 9.32. The molecular formula is C17H28KO4P. The zero-order valence-electron chi connectivity index (χ0n) is 15.7. The monoisotopic (exact) mass is 366 g/mol. The van der Waals surface area contributed by atoms with E-state index in [2.05, 4.69) is 0 Å². The molecule has 1 unspecified atom stereocenters. The summed E-state index contributed by atoms with van der Waals surface area (Å²) in [6, 6.07) is 3.54. The van der Waals surface area contributed by atoms with E-state index in [-0.39, 0.29) is 80.7 Å². The van der Waals surface area contributed by atoms with Crippen molar-refractivity contribution in [3.05, 3.63) is 28.8 Å². The van der Waals surface area contributed by atoms with Crippen LogP contribution in [0, 0.1) is 0 Å². The summed E-state index contributed by atoms with van der Waals surface area (Å²) >= 11 is 0. The van der Waals surface area contributed by atoms with Crippen molar-refractivity contribution in [3.8, 4) is 5.75 Å². The van der Waals surface area contributed by atoms with E-state index in [0.717, 1.165) is 11.1 Å². The second kappa shape index (κ2) is 8.46. The fourth-order valence-corrected chi connectivity index (χ4v) is 3.51. The minimum atomic E-state index is -3.91. The number of hydrogen-bond acceptors (Lipinski definition) is 4. The summed E-state index contributed by atoms with van der Waals surface area (Å²) in [6.45, 7) is 13.8. The van der Waals surface area contributed by atoms with Crippen LogP contribution in [0.1, 0.15) is 65.2 Å². The van der Waals surface area contributed by atoms with E-state index in [4.69, 9.17) is 4.52 Å². The first-order valence-electron chi connectivity index (χ1n) is 7.59. The van der Waals surface area contributed by atoms with Gasteiger partial charge in [-0.25, -0.2) is 0 Å². The summed E-state index contributed by atoms with van der Waals surface area (Å²) in [4.78, 5) is 11.9. The quantitative estimate of drug-likeness (QED) is 0.640. The maximum atomic E-state index is 11.9. The molecule has 1 aromatic rings. The molecule has 1 N–H and O–H groups in total. The molecular weight excluding hydrogens is 338 g/mol. The van der Waals surface area contributed by atoms with Crippen molar-refractivity contribution in [2.75, 3.05) is 6.61 Å². The molecule has 0 aliphatic carbocycles. The molecule has 0 aliphatic heterocycles. The molecule has 0 bridgehead atoms. The smallest absolute Gasteiger partial charge is 0.778 e. The van der Waals surface area contributed by atoms with Crippen LogP contribution in [0.4, 0.5) is 0 Å². The first-order chi connectivity index (χ1) is 9.78. The molecule has 23 heavy (non-hydrogen) atoms. The van der Waals surface area contributed by atoms with Gasteiger partial charge in [0, 0.05) is 6.16 Å². The Morgan fingerprint density at radius 2 is 1.48 bits per heavy atom. The van der Waals surface area contributed by atoms with Crippen LogP contribution in [-0.2, 0) is 26.1 Å². The van der Waals surface area contributed by atoms with Gasteiger partial charge in [0.2, 0.25) is 0 Å². The zero-order chi connectivity index (χ0) is 17.3. The maximum absolute atomic E-state index is 11.9. The molecule has 4 nitrogen and oxygen atoms in total. The minimum Gasteiger partial charge on any atom is -0.778 e. The minimum absolute atomic E-state index is 0. The predicted octanol–water partition coefficient (Wildman–Crippen LogP) is 1.08. The van der Waals surface area contributed by atoms with Crippen molar-refractivity contribution in [3.63, 3.8) is 0 Å². The van der Waals surface area contributed by atoms with Gasteiger partial charge in [0.15, 0.2) is 0 Å². The number of hydrogen-bond donors (Lipinski definition) is 1. The number of phenols is 1. The predicted molar refractivity (Wildman–Crippen MR) is 88.4 cm³/mol. The van der Waals surface area contributed by atoms with Gasteiger partial charge >= 0.3 is 51.4 Å². The van der Waals surface area contributed by atoms with Gasteiger partial charge in [0.1, 0.15) is 13.3 Å². The molecule has 0 fully saturated rings. The summed E-state index contributed by atoms with van der Waals surface area (Å²) < 4.78 is 16.8. The molecule has 0 aromatic heterocycles. The third-order valence-electron chi connectivity index (χ3n) is 3.49. The Morgan fingerprint density at radius 1 is 1.09 bits per heavy atom. The van der Waals surface area contributed by atoms with Gasteiger partial charge in [0.05, 0.1) is 6.61 Å². The van der Waals surface area contributed by atoms with E-state index in [1.54, 1.807) is 19.1 Å². The fourth-order valence-electron chi connectivity index (χ4n) is 2.39. The molecule has 0 spiro atoms. The number of aromatic hydroxyl groups is 1. The summed E-state index contributed by atoms with van der Waals surface area (Å²) in [7, 11) is -3.91. The summed E-state index contributed by atoms with van der Waals surface area (Å²) in [6.07, 6.45) is -0.159. The van der Waals surface area contributed by atoms with E-state index in [1.807, 2.05) is 41.5 Å². The maximum Gasteiger partial charge on any atom is 1.00 e. The van der Waals surface area contributed by atoms with Crippen LogP contribution in [-0.4, -0.2) is 11.7 Å². The van der Waals surface area contributed by atoms with Crippen molar-refractivity contribution < 1.29 is 70.5 Å². The molecule has 1 aromatic carbocycles. The molecule has 1 rings (SSSR count). The Hall–Kier alpha value is 0.806. The van der Waals surface area contributed by atoms with Crippen LogP contribution in [0.3, 0.4) is 0 Å². The van der Waals surface area contributed by atoms with Crippen molar-refractivity contribution in [1.82, 2.24) is 0 Å². The molecule has 0 saturated heterocycles. The first kappa shape index (κ1) is 23.8. The summed E-state index contributed by atoms with van der Waals surface area (Å²) in [5, 5.41) is 10.6. The molecule has 0 heterocycles. The second-order valence-corrected chi connectivity index (χ2v) is 9.52. The number of rotatable bonds is 4. The van der Waals surface area contributed by atoms with Crippen molar-refractivity contribution in [2.24, 2.45) is 0 Å². The van der Waals surface area contributed by atoms with Crippen molar-refractivity contribution in [1.29, 1.82) is 0 Å². The molecule has 0 radical (unpaired) electrons. The summed E-state index contributed by atoms with van der Waals surface area (Å²) in [5.74, 6) is 0.251. The fraction of sp³-hybridized carbons (Fsp3) is 0.647. The van der Waals surface area contributed by atoms with Crippen molar-refractivity contribution in [2.45, 2.75) is 65.5 Å². The Balaban J connectivity index is 0.00000484. The average molecular weight is 366 g/mol. The Kier molecular flexibility index (Phi) is 8.76. The zero-order valence-corrected chi connectivity index (χ0v) is 19.7. The van der Waals surface area contributed by atoms with Gasteiger partial charge in [0.25, 0.3) is 0 Å². The van der Waals surface area contributed by atoms with Gasteiger partial charge in [-0.3, -0.25) is 0 Å². The molecule has 0 aliphatic rings. The van der Waals surface area contributed by atoms with Crippen LogP contribution in [0.5, 0.6) is 5.75 Å². The molecule has 0 saturated carbocycles. The third kappa shape index (κ3) is 6.91. The molecule has 126 valence electrons. The van der Waals surface area contributed by atoms with E-state index in [0.29, 0.717) is 5.56 Å². The standard InChI is InChI=1S/C17H29O4P.K/c1-8-21-22(19,20)11-12-9-13(16(2,3)4)15(18)14(10-12)17(5,6)7;/h9-10,18H,8,11H2,1-7H3,(H,19,20);/q;+1/p-1. The Morgan fingerprint density at radius 3 is 1.78 bits per heavy atom. The normalized spacial score (nSPS) is 15.0. The van der Waals surface area contributed by atoms with Gasteiger partial charge in [-0.05, 0) is 34.4 Å². The van der Waals surface area contributed by atoms with Gasteiger partial charge in [-0.1, -0.05) is 53.7 Å². The van der Waals surface area contributed by atoms with Gasteiger partial charge < -0.3 is 19.1 Å². The largest absolute Gasteiger partial charge is 1.00 e. The number of phenolic OH excluding ortho intramolecular Hbond substituents is 1.